The molecule has 0 aromatic heterocycles. The average Bonchev–Trinajstić information content (AvgIpc) is 3.13. The van der Waals surface area contributed by atoms with Gasteiger partial charge in [0.25, 0.3) is 5.91 Å². The Morgan fingerprint density at radius 3 is 2.71 bits per heavy atom. The highest BCUT2D eigenvalue weighted by atomic mass is 16.5. The highest BCUT2D eigenvalue weighted by Crippen LogP contribution is 2.29. The third kappa shape index (κ3) is 3.31. The zero-order chi connectivity index (χ0) is 12.3. The molecule has 4 nitrogen and oxygen atoms in total. The van der Waals surface area contributed by atoms with Crippen molar-refractivity contribution < 1.29 is 14.3 Å². The molecule has 1 fully saturated rings. The summed E-state index contributed by atoms with van der Waals surface area (Å²) in [7, 11) is 0. The van der Waals surface area contributed by atoms with Crippen molar-refractivity contribution in [3.63, 3.8) is 0 Å². The number of esters is 1. The summed E-state index contributed by atoms with van der Waals surface area (Å²) in [6.45, 7) is 1.70. The van der Waals surface area contributed by atoms with Crippen LogP contribution in [-0.2, 0) is 14.3 Å². The number of carbonyl (C=O) groups is 2. The second-order valence-corrected chi connectivity index (χ2v) is 4.25. The molecule has 0 radical (unpaired) electrons. The van der Waals surface area contributed by atoms with Crippen LogP contribution in [0.4, 0.5) is 5.69 Å². The van der Waals surface area contributed by atoms with Gasteiger partial charge >= 0.3 is 5.97 Å². The van der Waals surface area contributed by atoms with Gasteiger partial charge in [-0.15, -0.1) is 0 Å². The second-order valence-electron chi connectivity index (χ2n) is 4.25. The van der Waals surface area contributed by atoms with E-state index in [2.05, 4.69) is 5.32 Å². The molecular formula is C13H15NO3. The fourth-order valence-corrected chi connectivity index (χ4v) is 1.47. The van der Waals surface area contributed by atoms with Gasteiger partial charge in [-0.3, -0.25) is 9.59 Å². The fraction of sp³-hybridized carbons (Fsp3) is 0.385. The second kappa shape index (κ2) is 4.99. The van der Waals surface area contributed by atoms with E-state index in [-0.39, 0.29) is 24.4 Å². The van der Waals surface area contributed by atoms with E-state index in [0.29, 0.717) is 0 Å². The first kappa shape index (κ1) is 11.6. The Labute approximate surface area is 100.0 Å². The molecule has 0 unspecified atom stereocenters. The Balaban J connectivity index is 1.80. The number of hydrogen-bond acceptors (Lipinski definition) is 3. The van der Waals surface area contributed by atoms with E-state index in [0.717, 1.165) is 24.1 Å². The van der Waals surface area contributed by atoms with Crippen molar-refractivity contribution >= 4 is 17.6 Å². The molecule has 1 N–H and O–H groups in total. The summed E-state index contributed by atoms with van der Waals surface area (Å²) >= 11 is 0. The minimum Gasteiger partial charge on any atom is -0.455 e. The van der Waals surface area contributed by atoms with Gasteiger partial charge in [-0.2, -0.15) is 0 Å². The van der Waals surface area contributed by atoms with Crippen molar-refractivity contribution in [2.75, 3.05) is 11.9 Å². The summed E-state index contributed by atoms with van der Waals surface area (Å²) in [6, 6.07) is 7.47. The lowest BCUT2D eigenvalue weighted by Crippen LogP contribution is -2.21. The standard InChI is InChI=1S/C13H15NO3/c1-9-4-2-3-5-11(9)14-12(15)8-17-13(16)10-6-7-10/h2-5,10H,6-8H2,1H3,(H,14,15). The van der Waals surface area contributed by atoms with Crippen molar-refractivity contribution in [2.24, 2.45) is 5.92 Å². The van der Waals surface area contributed by atoms with Gasteiger partial charge < -0.3 is 10.1 Å². The Kier molecular flexibility index (Phi) is 3.42. The minimum atomic E-state index is -0.298. The maximum atomic E-state index is 11.5. The molecule has 0 spiro atoms. The number of nitrogens with one attached hydrogen (secondary N) is 1. The van der Waals surface area contributed by atoms with E-state index >= 15 is 0 Å². The first-order chi connectivity index (χ1) is 8.16. The molecule has 1 amide bonds. The Bertz CT molecular complexity index is 438. The summed E-state index contributed by atoms with van der Waals surface area (Å²) in [4.78, 5) is 22.8. The van der Waals surface area contributed by atoms with Crippen LogP contribution in [-0.4, -0.2) is 18.5 Å². The number of ether oxygens (including phenoxy) is 1. The zero-order valence-corrected chi connectivity index (χ0v) is 9.73. The largest absolute Gasteiger partial charge is 0.455 e. The van der Waals surface area contributed by atoms with E-state index in [1.807, 2.05) is 31.2 Å². The molecule has 1 saturated carbocycles. The van der Waals surface area contributed by atoms with Crippen LogP contribution in [0.15, 0.2) is 24.3 Å². The van der Waals surface area contributed by atoms with Crippen LogP contribution in [0.5, 0.6) is 0 Å². The molecule has 0 heterocycles. The number of carbonyl (C=O) groups excluding carboxylic acids is 2. The smallest absolute Gasteiger partial charge is 0.309 e. The van der Waals surface area contributed by atoms with E-state index in [9.17, 15) is 9.59 Å². The molecule has 1 aromatic carbocycles. The molecule has 1 aliphatic carbocycles. The van der Waals surface area contributed by atoms with Gasteiger partial charge in [0.05, 0.1) is 5.92 Å². The lowest BCUT2D eigenvalue weighted by Gasteiger charge is -2.08. The number of rotatable bonds is 4. The van der Waals surface area contributed by atoms with Crippen molar-refractivity contribution in [1.82, 2.24) is 0 Å². The lowest BCUT2D eigenvalue weighted by molar-refractivity contribution is -0.148. The molecule has 0 saturated heterocycles. The quantitative estimate of drug-likeness (QED) is 0.808. The van der Waals surface area contributed by atoms with Gasteiger partial charge in [0.2, 0.25) is 0 Å². The van der Waals surface area contributed by atoms with E-state index in [1.54, 1.807) is 0 Å². The van der Waals surface area contributed by atoms with Gasteiger partial charge in [0.15, 0.2) is 6.61 Å². The highest BCUT2D eigenvalue weighted by molar-refractivity contribution is 5.93. The molecule has 0 atom stereocenters. The van der Waals surface area contributed by atoms with Crippen LogP contribution in [0.25, 0.3) is 0 Å². The van der Waals surface area contributed by atoms with Crippen LogP contribution in [0.1, 0.15) is 18.4 Å². The van der Waals surface area contributed by atoms with Gasteiger partial charge in [0.1, 0.15) is 0 Å². The van der Waals surface area contributed by atoms with Crippen LogP contribution in [0, 0.1) is 12.8 Å². The summed E-state index contributed by atoms with van der Waals surface area (Å²) in [6.07, 6.45) is 1.77. The highest BCUT2D eigenvalue weighted by Gasteiger charge is 2.31. The maximum Gasteiger partial charge on any atom is 0.309 e. The molecule has 4 heteroatoms. The Hall–Kier alpha value is -1.84. The monoisotopic (exact) mass is 233 g/mol. The first-order valence-electron chi connectivity index (χ1n) is 5.69. The third-order valence-electron chi connectivity index (χ3n) is 2.68. The van der Waals surface area contributed by atoms with Crippen LogP contribution in [0.3, 0.4) is 0 Å². The van der Waals surface area contributed by atoms with E-state index in [4.69, 9.17) is 4.74 Å². The molecule has 0 bridgehead atoms. The zero-order valence-electron chi connectivity index (χ0n) is 9.73. The number of hydrogen-bond donors (Lipinski definition) is 1. The van der Waals surface area contributed by atoms with E-state index in [1.165, 1.54) is 0 Å². The molecule has 1 aromatic rings. The van der Waals surface area contributed by atoms with Gasteiger partial charge in [0, 0.05) is 5.69 Å². The van der Waals surface area contributed by atoms with Crippen LogP contribution < -0.4 is 5.32 Å². The Morgan fingerprint density at radius 2 is 2.06 bits per heavy atom. The summed E-state index contributed by atoms with van der Waals surface area (Å²) < 4.78 is 4.89. The average molecular weight is 233 g/mol. The summed E-state index contributed by atoms with van der Waals surface area (Å²) in [5.41, 5.74) is 1.73. The normalized spacial score (nSPS) is 14.2. The van der Waals surface area contributed by atoms with Crippen molar-refractivity contribution in [3.8, 4) is 0 Å². The van der Waals surface area contributed by atoms with E-state index < -0.39 is 0 Å². The molecule has 17 heavy (non-hydrogen) atoms. The number of aryl methyl sites for hydroxylation is 1. The first-order valence-corrected chi connectivity index (χ1v) is 5.69. The molecule has 2 rings (SSSR count). The van der Waals surface area contributed by atoms with Gasteiger partial charge in [-0.05, 0) is 31.4 Å². The molecule has 0 aliphatic heterocycles. The van der Waals surface area contributed by atoms with Crippen molar-refractivity contribution in [3.05, 3.63) is 29.8 Å². The molecule has 90 valence electrons. The molecular weight excluding hydrogens is 218 g/mol. The fourth-order valence-electron chi connectivity index (χ4n) is 1.47. The van der Waals surface area contributed by atoms with Gasteiger partial charge in [-0.25, -0.2) is 0 Å². The maximum absolute atomic E-state index is 11.5. The van der Waals surface area contributed by atoms with Crippen molar-refractivity contribution in [2.45, 2.75) is 19.8 Å². The summed E-state index contributed by atoms with van der Waals surface area (Å²) in [5.74, 6) is -0.528. The van der Waals surface area contributed by atoms with Crippen LogP contribution in [0.2, 0.25) is 0 Å². The van der Waals surface area contributed by atoms with Gasteiger partial charge in [-0.1, -0.05) is 18.2 Å². The Morgan fingerprint density at radius 1 is 1.35 bits per heavy atom. The molecule has 1 aliphatic rings. The summed E-state index contributed by atoms with van der Waals surface area (Å²) in [5, 5.41) is 2.71. The van der Waals surface area contributed by atoms with Crippen molar-refractivity contribution in [1.29, 1.82) is 0 Å². The number of amides is 1. The third-order valence-corrected chi connectivity index (χ3v) is 2.68. The lowest BCUT2D eigenvalue weighted by atomic mass is 10.2. The minimum absolute atomic E-state index is 0.0289. The number of benzene rings is 1. The predicted molar refractivity (Wildman–Crippen MR) is 63.5 cm³/mol. The van der Waals surface area contributed by atoms with Crippen LogP contribution >= 0.6 is 0 Å². The number of anilines is 1. The topological polar surface area (TPSA) is 55.4 Å². The number of para-hydroxylation sites is 1. The SMILES string of the molecule is Cc1ccccc1NC(=O)COC(=O)C1CC1. The predicted octanol–water partition coefficient (Wildman–Crippen LogP) is 1.89.